The summed E-state index contributed by atoms with van der Waals surface area (Å²) in [6.07, 6.45) is 0.983. The minimum atomic E-state index is -0.718. The first-order chi connectivity index (χ1) is 14.8. The minimum Gasteiger partial charge on any atom is -0.361 e. The minimum absolute atomic E-state index is 0.0551. The summed E-state index contributed by atoms with van der Waals surface area (Å²) in [5.74, 6) is -0.103. The van der Waals surface area contributed by atoms with E-state index in [1.54, 1.807) is 24.9 Å². The van der Waals surface area contributed by atoms with Crippen LogP contribution in [0.15, 0.2) is 34.9 Å². The van der Waals surface area contributed by atoms with E-state index in [-0.39, 0.29) is 30.1 Å². The van der Waals surface area contributed by atoms with Gasteiger partial charge in [-0.3, -0.25) is 14.4 Å². The third kappa shape index (κ3) is 5.71. The largest absolute Gasteiger partial charge is 0.361 e. The van der Waals surface area contributed by atoms with Gasteiger partial charge in [-0.2, -0.15) is 0 Å². The van der Waals surface area contributed by atoms with Gasteiger partial charge in [0.2, 0.25) is 17.7 Å². The number of nitrogens with zero attached hydrogens (tertiary/aromatic N) is 2. The van der Waals surface area contributed by atoms with Gasteiger partial charge in [-0.15, -0.1) is 0 Å². The molecule has 0 spiro atoms. The summed E-state index contributed by atoms with van der Waals surface area (Å²) in [7, 11) is 1.55. The van der Waals surface area contributed by atoms with Crippen LogP contribution in [-0.4, -0.2) is 53.5 Å². The molecule has 0 unspecified atom stereocenters. The maximum absolute atomic E-state index is 13.1. The van der Waals surface area contributed by atoms with E-state index < -0.39 is 12.1 Å². The van der Waals surface area contributed by atoms with Gasteiger partial charge >= 0.3 is 0 Å². The Morgan fingerprint density at radius 1 is 1.23 bits per heavy atom. The second-order valence-electron chi connectivity index (χ2n) is 8.38. The topological polar surface area (TPSA) is 105 Å². The zero-order valence-electron chi connectivity index (χ0n) is 18.5. The van der Waals surface area contributed by atoms with Gasteiger partial charge in [0.15, 0.2) is 0 Å². The predicted octanol–water partition coefficient (Wildman–Crippen LogP) is 1.54. The summed E-state index contributed by atoms with van der Waals surface area (Å²) in [5, 5.41) is 9.29. The van der Waals surface area contributed by atoms with Crippen LogP contribution in [0.25, 0.3) is 0 Å². The molecule has 2 heterocycles. The quantitative estimate of drug-likeness (QED) is 0.699. The summed E-state index contributed by atoms with van der Waals surface area (Å²) in [4.78, 5) is 40.0. The number of amides is 3. The molecule has 1 aliphatic heterocycles. The molecule has 3 amide bonds. The van der Waals surface area contributed by atoms with Crippen LogP contribution in [-0.2, 0) is 27.2 Å². The van der Waals surface area contributed by atoms with Crippen LogP contribution in [0.5, 0.6) is 0 Å². The fourth-order valence-corrected chi connectivity index (χ4v) is 3.93. The SMILES string of the molecule is CNC(=O)[C@@H](Cc1ccc(C)cc1)NC(=O)[C@@H]1C[C@@H](C)CN1C(=O)Cc1cc(C)no1. The highest BCUT2D eigenvalue weighted by Crippen LogP contribution is 2.24. The van der Waals surface area contributed by atoms with E-state index in [9.17, 15) is 14.4 Å². The Morgan fingerprint density at radius 2 is 1.94 bits per heavy atom. The Labute approximate surface area is 182 Å². The number of carbonyl (C=O) groups is 3. The molecule has 0 aliphatic carbocycles. The summed E-state index contributed by atoms with van der Waals surface area (Å²) >= 11 is 0. The van der Waals surface area contributed by atoms with E-state index in [0.717, 1.165) is 11.1 Å². The van der Waals surface area contributed by atoms with Crippen LogP contribution in [0.4, 0.5) is 0 Å². The molecule has 1 aliphatic rings. The van der Waals surface area contributed by atoms with E-state index in [2.05, 4.69) is 15.8 Å². The van der Waals surface area contributed by atoms with Crippen molar-refractivity contribution < 1.29 is 18.9 Å². The molecule has 8 heteroatoms. The Bertz CT molecular complexity index is 937. The summed E-state index contributed by atoms with van der Waals surface area (Å²) in [6.45, 7) is 6.29. The van der Waals surface area contributed by atoms with Crippen molar-refractivity contribution in [3.8, 4) is 0 Å². The van der Waals surface area contributed by atoms with Crippen molar-refractivity contribution in [3.63, 3.8) is 0 Å². The standard InChI is InChI=1S/C23H30N4O4/c1-14-5-7-17(8-6-14)11-19(22(29)24-4)25-23(30)20-9-15(2)13-27(20)21(28)12-18-10-16(3)26-31-18/h5-8,10,15,19-20H,9,11-13H2,1-4H3,(H,24,29)(H,25,30)/t15-,19-,20+/m1/s1. The van der Waals surface area contributed by atoms with Crippen LogP contribution in [0.1, 0.15) is 35.9 Å². The number of nitrogens with one attached hydrogen (secondary N) is 2. The first-order valence-electron chi connectivity index (χ1n) is 10.6. The number of aryl methyl sites for hydroxylation is 2. The van der Waals surface area contributed by atoms with Gasteiger partial charge < -0.3 is 20.1 Å². The van der Waals surface area contributed by atoms with Gasteiger partial charge in [-0.1, -0.05) is 41.9 Å². The fraction of sp³-hybridized carbons (Fsp3) is 0.478. The lowest BCUT2D eigenvalue weighted by molar-refractivity contribution is -0.139. The number of hydrogen-bond donors (Lipinski definition) is 2. The van der Waals surface area contributed by atoms with Gasteiger partial charge in [0.1, 0.15) is 17.8 Å². The molecule has 1 aromatic heterocycles. The van der Waals surface area contributed by atoms with Crippen molar-refractivity contribution in [3.05, 3.63) is 52.9 Å². The van der Waals surface area contributed by atoms with Crippen molar-refractivity contribution in [2.45, 2.75) is 52.1 Å². The molecule has 3 atom stereocenters. The van der Waals surface area contributed by atoms with E-state index in [1.165, 1.54) is 0 Å². The smallest absolute Gasteiger partial charge is 0.243 e. The van der Waals surface area contributed by atoms with Crippen LogP contribution in [0.3, 0.4) is 0 Å². The fourth-order valence-electron chi connectivity index (χ4n) is 3.93. The highest BCUT2D eigenvalue weighted by Gasteiger charge is 2.39. The van der Waals surface area contributed by atoms with Crippen molar-refractivity contribution in [1.82, 2.24) is 20.7 Å². The molecule has 166 valence electrons. The third-order valence-electron chi connectivity index (χ3n) is 5.58. The maximum Gasteiger partial charge on any atom is 0.243 e. The first kappa shape index (κ1) is 22.5. The second kappa shape index (κ2) is 9.76. The zero-order chi connectivity index (χ0) is 22.5. The molecule has 1 fully saturated rings. The lowest BCUT2D eigenvalue weighted by Gasteiger charge is -2.26. The molecule has 2 N–H and O–H groups in total. The van der Waals surface area contributed by atoms with E-state index in [1.807, 2.05) is 38.1 Å². The maximum atomic E-state index is 13.1. The first-order valence-corrected chi connectivity index (χ1v) is 10.6. The Morgan fingerprint density at radius 3 is 2.55 bits per heavy atom. The van der Waals surface area contributed by atoms with Gasteiger partial charge in [0.25, 0.3) is 0 Å². The van der Waals surface area contributed by atoms with Crippen LogP contribution >= 0.6 is 0 Å². The van der Waals surface area contributed by atoms with Crippen LogP contribution in [0.2, 0.25) is 0 Å². The monoisotopic (exact) mass is 426 g/mol. The molecule has 3 rings (SSSR count). The average molecular weight is 427 g/mol. The lowest BCUT2D eigenvalue weighted by atomic mass is 10.0. The molecule has 0 radical (unpaired) electrons. The Balaban J connectivity index is 1.70. The summed E-state index contributed by atoms with van der Waals surface area (Å²) in [5.41, 5.74) is 2.78. The van der Waals surface area contributed by atoms with Crippen molar-refractivity contribution in [1.29, 1.82) is 0 Å². The molecule has 8 nitrogen and oxygen atoms in total. The van der Waals surface area contributed by atoms with Crippen molar-refractivity contribution in [2.24, 2.45) is 5.92 Å². The number of likely N-dealkylation sites (tertiary alicyclic amines) is 1. The van der Waals surface area contributed by atoms with E-state index >= 15 is 0 Å². The lowest BCUT2D eigenvalue weighted by Crippen LogP contribution is -2.53. The van der Waals surface area contributed by atoms with E-state index in [0.29, 0.717) is 30.8 Å². The normalized spacial score (nSPS) is 19.2. The van der Waals surface area contributed by atoms with Crippen molar-refractivity contribution >= 4 is 17.7 Å². The van der Waals surface area contributed by atoms with Crippen LogP contribution < -0.4 is 10.6 Å². The number of carbonyl (C=O) groups excluding carboxylic acids is 3. The summed E-state index contributed by atoms with van der Waals surface area (Å²) in [6, 6.07) is 8.23. The molecular weight excluding hydrogens is 396 g/mol. The van der Waals surface area contributed by atoms with Crippen molar-refractivity contribution in [2.75, 3.05) is 13.6 Å². The number of benzene rings is 1. The highest BCUT2D eigenvalue weighted by molar-refractivity contribution is 5.92. The Kier molecular flexibility index (Phi) is 7.09. The van der Waals surface area contributed by atoms with Crippen LogP contribution in [0, 0.1) is 19.8 Å². The van der Waals surface area contributed by atoms with Gasteiger partial charge in [0, 0.05) is 26.1 Å². The summed E-state index contributed by atoms with van der Waals surface area (Å²) < 4.78 is 5.15. The van der Waals surface area contributed by atoms with Gasteiger partial charge in [-0.05, 0) is 31.7 Å². The zero-order valence-corrected chi connectivity index (χ0v) is 18.5. The molecule has 0 saturated carbocycles. The number of hydrogen-bond acceptors (Lipinski definition) is 5. The highest BCUT2D eigenvalue weighted by atomic mass is 16.5. The van der Waals surface area contributed by atoms with Gasteiger partial charge in [0.05, 0.1) is 12.1 Å². The molecule has 0 bridgehead atoms. The third-order valence-corrected chi connectivity index (χ3v) is 5.58. The molecule has 1 aromatic carbocycles. The molecule has 1 saturated heterocycles. The predicted molar refractivity (Wildman–Crippen MR) is 115 cm³/mol. The van der Waals surface area contributed by atoms with Gasteiger partial charge in [-0.25, -0.2) is 0 Å². The molecule has 31 heavy (non-hydrogen) atoms. The molecule has 2 aromatic rings. The second-order valence-corrected chi connectivity index (χ2v) is 8.38. The number of rotatable bonds is 7. The number of aromatic nitrogens is 1. The number of likely N-dealkylation sites (N-methyl/N-ethyl adjacent to an activating group) is 1. The molecular formula is C23H30N4O4. The Hall–Kier alpha value is -3.16. The van der Waals surface area contributed by atoms with E-state index in [4.69, 9.17) is 4.52 Å². The average Bonchev–Trinajstić information content (AvgIpc) is 3.33.